The first-order valence-corrected chi connectivity index (χ1v) is 11.5. The molecule has 2 heterocycles. The van der Waals surface area contributed by atoms with Crippen molar-refractivity contribution in [2.75, 3.05) is 19.9 Å². The molecule has 4 rings (SSSR count). The van der Waals surface area contributed by atoms with Crippen molar-refractivity contribution >= 4 is 15.9 Å². The number of carbonyl (C=O) groups is 1. The maximum Gasteiger partial charge on any atom is 0.251 e. The van der Waals surface area contributed by atoms with Crippen LogP contribution < -0.4 is 14.8 Å². The van der Waals surface area contributed by atoms with Crippen molar-refractivity contribution in [3.05, 3.63) is 53.6 Å². The summed E-state index contributed by atoms with van der Waals surface area (Å²) in [5.74, 6) is 1.77. The second-order valence-electron chi connectivity index (χ2n) is 8.16. The lowest BCUT2D eigenvalue weighted by Gasteiger charge is -2.34. The second-order valence-corrected chi connectivity index (χ2v) is 10.1. The molecule has 1 fully saturated rings. The summed E-state index contributed by atoms with van der Waals surface area (Å²) >= 11 is 0. The van der Waals surface area contributed by atoms with Crippen LogP contribution in [0.2, 0.25) is 0 Å². The highest BCUT2D eigenvalue weighted by molar-refractivity contribution is 7.89. The van der Waals surface area contributed by atoms with E-state index in [4.69, 9.17) is 9.47 Å². The summed E-state index contributed by atoms with van der Waals surface area (Å²) in [6.07, 6.45) is 1.04. The molecule has 0 saturated carbocycles. The minimum Gasteiger partial charge on any atom is -0.454 e. The molecule has 2 aromatic carbocycles. The van der Waals surface area contributed by atoms with E-state index in [-0.39, 0.29) is 17.6 Å². The van der Waals surface area contributed by atoms with Crippen LogP contribution in [0.3, 0.4) is 0 Å². The normalized spacial score (nSPS) is 21.4. The molecule has 7 nitrogen and oxygen atoms in total. The third-order valence-electron chi connectivity index (χ3n) is 5.48. The molecule has 0 aromatic heterocycles. The van der Waals surface area contributed by atoms with Crippen LogP contribution in [-0.2, 0) is 16.6 Å². The Bertz CT molecular complexity index is 1030. The van der Waals surface area contributed by atoms with Gasteiger partial charge in [-0.2, -0.15) is 4.31 Å². The minimum absolute atomic E-state index is 0.204. The van der Waals surface area contributed by atoms with Crippen LogP contribution in [0.1, 0.15) is 36.2 Å². The highest BCUT2D eigenvalue weighted by atomic mass is 32.2. The van der Waals surface area contributed by atoms with Crippen LogP contribution in [0.25, 0.3) is 0 Å². The highest BCUT2D eigenvalue weighted by Crippen LogP contribution is 2.32. The van der Waals surface area contributed by atoms with E-state index in [2.05, 4.69) is 19.2 Å². The molecular weight excluding hydrogens is 404 g/mol. The van der Waals surface area contributed by atoms with E-state index in [1.807, 2.05) is 18.2 Å². The fraction of sp³-hybridized carbons (Fsp3) is 0.409. The summed E-state index contributed by atoms with van der Waals surface area (Å²) in [4.78, 5) is 12.7. The summed E-state index contributed by atoms with van der Waals surface area (Å²) in [6.45, 7) is 5.75. The van der Waals surface area contributed by atoms with E-state index in [9.17, 15) is 13.2 Å². The second kappa shape index (κ2) is 8.28. The SMILES string of the molecule is C[C@H]1C[C@H](C)CN(S(=O)(=O)c2ccc(C(=O)NCc3ccc4c(c3)OCO4)cc2)C1. The Kier molecular flexibility index (Phi) is 5.71. The number of ether oxygens (including phenoxy) is 2. The molecule has 8 heteroatoms. The smallest absolute Gasteiger partial charge is 0.251 e. The predicted octanol–water partition coefficient (Wildman–Crippen LogP) is 3.01. The molecule has 160 valence electrons. The zero-order valence-corrected chi connectivity index (χ0v) is 17.9. The Hall–Kier alpha value is -2.58. The van der Waals surface area contributed by atoms with Gasteiger partial charge in [0.2, 0.25) is 16.8 Å². The summed E-state index contributed by atoms with van der Waals surface area (Å²) in [7, 11) is -3.56. The topological polar surface area (TPSA) is 84.9 Å². The van der Waals surface area contributed by atoms with Gasteiger partial charge in [-0.1, -0.05) is 19.9 Å². The molecule has 0 aliphatic carbocycles. The van der Waals surface area contributed by atoms with Crippen molar-refractivity contribution in [3.63, 3.8) is 0 Å². The van der Waals surface area contributed by atoms with Crippen molar-refractivity contribution in [1.29, 1.82) is 0 Å². The Morgan fingerprint density at radius 2 is 1.70 bits per heavy atom. The summed E-state index contributed by atoms with van der Waals surface area (Å²) in [6, 6.07) is 11.6. The molecule has 2 aliphatic rings. The van der Waals surface area contributed by atoms with Gasteiger partial charge >= 0.3 is 0 Å². The monoisotopic (exact) mass is 430 g/mol. The van der Waals surface area contributed by atoms with E-state index in [1.165, 1.54) is 12.1 Å². The number of hydrogen-bond donors (Lipinski definition) is 1. The van der Waals surface area contributed by atoms with Crippen molar-refractivity contribution in [1.82, 2.24) is 9.62 Å². The van der Waals surface area contributed by atoms with Crippen LogP contribution in [-0.4, -0.2) is 38.5 Å². The fourth-order valence-electron chi connectivity index (χ4n) is 4.06. The van der Waals surface area contributed by atoms with E-state index >= 15 is 0 Å². The van der Waals surface area contributed by atoms with Crippen LogP contribution in [0, 0.1) is 11.8 Å². The highest BCUT2D eigenvalue weighted by Gasteiger charge is 2.31. The first kappa shape index (κ1) is 20.7. The molecule has 0 spiro atoms. The average Bonchev–Trinajstić information content (AvgIpc) is 3.19. The number of fused-ring (bicyclic) bond motifs is 1. The Morgan fingerprint density at radius 1 is 1.03 bits per heavy atom. The molecule has 30 heavy (non-hydrogen) atoms. The lowest BCUT2D eigenvalue weighted by molar-refractivity contribution is 0.0950. The maximum absolute atomic E-state index is 13.0. The predicted molar refractivity (Wildman–Crippen MR) is 112 cm³/mol. The number of carbonyl (C=O) groups excluding carboxylic acids is 1. The average molecular weight is 431 g/mol. The van der Waals surface area contributed by atoms with Gasteiger partial charge in [0.1, 0.15) is 0 Å². The van der Waals surface area contributed by atoms with Crippen LogP contribution in [0.4, 0.5) is 0 Å². The van der Waals surface area contributed by atoms with Crippen LogP contribution >= 0.6 is 0 Å². The number of hydrogen-bond acceptors (Lipinski definition) is 5. The van der Waals surface area contributed by atoms with Crippen molar-refractivity contribution in [2.24, 2.45) is 11.8 Å². The summed E-state index contributed by atoms with van der Waals surface area (Å²) in [5, 5.41) is 2.84. The van der Waals surface area contributed by atoms with E-state index in [1.54, 1.807) is 16.4 Å². The first-order valence-electron chi connectivity index (χ1n) is 10.1. The molecule has 0 bridgehead atoms. The molecule has 2 aromatic rings. The van der Waals surface area contributed by atoms with Gasteiger partial charge in [0.25, 0.3) is 5.91 Å². The molecule has 2 aliphatic heterocycles. The first-order chi connectivity index (χ1) is 14.3. The zero-order chi connectivity index (χ0) is 21.3. The van der Waals surface area contributed by atoms with Gasteiger partial charge < -0.3 is 14.8 Å². The lowest BCUT2D eigenvalue weighted by atomic mass is 9.94. The number of nitrogens with one attached hydrogen (secondary N) is 1. The minimum atomic E-state index is -3.56. The number of piperidine rings is 1. The summed E-state index contributed by atoms with van der Waals surface area (Å²) < 4.78 is 38.1. The third kappa shape index (κ3) is 4.29. The molecule has 1 N–H and O–H groups in total. The molecule has 1 saturated heterocycles. The van der Waals surface area contributed by atoms with E-state index in [0.29, 0.717) is 48.5 Å². The van der Waals surface area contributed by atoms with Gasteiger partial charge in [-0.25, -0.2) is 8.42 Å². The number of benzene rings is 2. The van der Waals surface area contributed by atoms with Crippen LogP contribution in [0.15, 0.2) is 47.4 Å². The molecular formula is C22H26N2O5S. The Morgan fingerprint density at radius 3 is 2.40 bits per heavy atom. The molecule has 1 amide bonds. The van der Waals surface area contributed by atoms with Crippen LogP contribution in [0.5, 0.6) is 11.5 Å². The molecule has 0 unspecified atom stereocenters. The van der Waals surface area contributed by atoms with Crippen molar-refractivity contribution < 1.29 is 22.7 Å². The molecule has 0 radical (unpaired) electrons. The number of amides is 1. The lowest BCUT2D eigenvalue weighted by Crippen LogP contribution is -2.42. The van der Waals surface area contributed by atoms with Crippen molar-refractivity contribution in [3.8, 4) is 11.5 Å². The van der Waals surface area contributed by atoms with E-state index < -0.39 is 10.0 Å². The zero-order valence-electron chi connectivity index (χ0n) is 17.1. The summed E-state index contributed by atoms with van der Waals surface area (Å²) in [5.41, 5.74) is 1.30. The fourth-order valence-corrected chi connectivity index (χ4v) is 5.74. The largest absolute Gasteiger partial charge is 0.454 e. The van der Waals surface area contributed by atoms with Gasteiger partial charge in [0, 0.05) is 25.2 Å². The van der Waals surface area contributed by atoms with Gasteiger partial charge in [-0.15, -0.1) is 0 Å². The van der Waals surface area contributed by atoms with Gasteiger partial charge in [0.15, 0.2) is 11.5 Å². The number of sulfonamides is 1. The molecule has 2 atom stereocenters. The Labute approximate surface area is 177 Å². The third-order valence-corrected chi connectivity index (χ3v) is 7.33. The van der Waals surface area contributed by atoms with Gasteiger partial charge in [0.05, 0.1) is 4.90 Å². The van der Waals surface area contributed by atoms with Crippen molar-refractivity contribution in [2.45, 2.75) is 31.7 Å². The van der Waals surface area contributed by atoms with Gasteiger partial charge in [-0.3, -0.25) is 4.79 Å². The quantitative estimate of drug-likeness (QED) is 0.788. The standard InChI is InChI=1S/C22H26N2O5S/c1-15-9-16(2)13-24(12-15)30(26,27)19-6-4-18(5-7-19)22(25)23-11-17-3-8-20-21(10-17)29-14-28-20/h3-8,10,15-16H,9,11-14H2,1-2H3,(H,23,25)/t15-,16-/m0/s1. The van der Waals surface area contributed by atoms with Gasteiger partial charge in [-0.05, 0) is 60.2 Å². The number of nitrogens with zero attached hydrogens (tertiary/aromatic N) is 1. The number of rotatable bonds is 5. The maximum atomic E-state index is 13.0. The Balaban J connectivity index is 1.40. The van der Waals surface area contributed by atoms with E-state index in [0.717, 1.165) is 12.0 Å².